The van der Waals surface area contributed by atoms with E-state index >= 15 is 0 Å². The standard InChI is InChI=1S/C21H17N5O.C16H13ClN4O.C6H7N/c1-12-19(16-6-2-3-9-22-16)26-20-13(5-4-7-17(20)24-12)18-11-14-15(25-18)8-10-23-21(14)27;1-8-15(17)21-14-9(3-2-4-12(14)19-8)13-7-10-11(20-13)5-6-18-16(10)22;1-6-4-2-3-5-7-6/h2-7,9,11,25H,8,10H2,1H3,(H,23,27);2-4,7,20H,5-6H2,1H3,(H,18,22);2-5H,1H3. The molecule has 2 aliphatic rings. The van der Waals surface area contributed by atoms with Gasteiger partial charge in [0.2, 0.25) is 0 Å². The lowest BCUT2D eigenvalue weighted by molar-refractivity contribution is 0.0937. The summed E-state index contributed by atoms with van der Waals surface area (Å²) in [5, 5.41) is 6.13. The number of aromatic amines is 2. The summed E-state index contributed by atoms with van der Waals surface area (Å²) >= 11 is 6.12. The van der Waals surface area contributed by atoms with Crippen LogP contribution in [0.3, 0.4) is 0 Å². The molecular weight excluding hydrogens is 724 g/mol. The Bertz CT molecular complexity index is 2750. The van der Waals surface area contributed by atoms with Crippen molar-refractivity contribution in [3.63, 3.8) is 0 Å². The monoisotopic (exact) mass is 760 g/mol. The molecule has 2 aliphatic heterocycles. The maximum Gasteiger partial charge on any atom is 0.253 e. The number of carbonyl (C=O) groups is 2. The second kappa shape index (κ2) is 15.5. The Morgan fingerprint density at radius 1 is 0.571 bits per heavy atom. The number of para-hydroxylation sites is 2. The average molecular weight is 761 g/mol. The minimum absolute atomic E-state index is 0.0323. The summed E-state index contributed by atoms with van der Waals surface area (Å²) < 4.78 is 0. The van der Waals surface area contributed by atoms with Crippen LogP contribution in [-0.4, -0.2) is 64.8 Å². The molecular formula is C43H37ClN10O2. The van der Waals surface area contributed by atoms with Gasteiger partial charge < -0.3 is 20.6 Å². The van der Waals surface area contributed by atoms with Crippen molar-refractivity contribution in [1.29, 1.82) is 0 Å². The largest absolute Gasteiger partial charge is 0.358 e. The van der Waals surface area contributed by atoms with Gasteiger partial charge in [0, 0.05) is 77.9 Å². The minimum atomic E-state index is -0.0380. The number of nitrogens with one attached hydrogen (secondary N) is 4. The number of aryl methyl sites for hydroxylation is 3. The van der Waals surface area contributed by atoms with Crippen molar-refractivity contribution in [3.05, 3.63) is 142 Å². The van der Waals surface area contributed by atoms with Crippen LogP contribution in [0.1, 0.15) is 49.2 Å². The molecule has 0 saturated heterocycles. The number of amides is 2. The van der Waals surface area contributed by atoms with Crippen molar-refractivity contribution in [2.24, 2.45) is 0 Å². The lowest BCUT2D eigenvalue weighted by Gasteiger charge is -2.11. The number of hydrogen-bond donors (Lipinski definition) is 4. The number of fused-ring (bicyclic) bond motifs is 4. The Hall–Kier alpha value is -6.79. The van der Waals surface area contributed by atoms with E-state index < -0.39 is 0 Å². The van der Waals surface area contributed by atoms with E-state index in [9.17, 15) is 9.59 Å². The molecule has 0 radical (unpaired) electrons. The zero-order valence-corrected chi connectivity index (χ0v) is 31.7. The number of hydrogen-bond acceptors (Lipinski definition) is 8. The van der Waals surface area contributed by atoms with Gasteiger partial charge in [-0.1, -0.05) is 48.0 Å². The molecule has 0 saturated carbocycles. The summed E-state index contributed by atoms with van der Waals surface area (Å²) in [6.07, 6.45) is 5.15. The molecule has 0 bridgehead atoms. The van der Waals surface area contributed by atoms with Gasteiger partial charge in [0.1, 0.15) is 5.69 Å². The zero-order valence-electron chi connectivity index (χ0n) is 30.9. The Morgan fingerprint density at radius 2 is 1.12 bits per heavy atom. The van der Waals surface area contributed by atoms with E-state index in [1.165, 1.54) is 0 Å². The van der Waals surface area contributed by atoms with E-state index in [2.05, 4.69) is 40.5 Å². The molecule has 0 aliphatic carbocycles. The molecule has 13 heteroatoms. The van der Waals surface area contributed by atoms with Gasteiger partial charge in [0.25, 0.3) is 11.8 Å². The molecule has 6 aromatic heterocycles. The third kappa shape index (κ3) is 7.34. The third-order valence-electron chi connectivity index (χ3n) is 9.59. The smallest absolute Gasteiger partial charge is 0.253 e. The van der Waals surface area contributed by atoms with Gasteiger partial charge in [-0.05, 0) is 69.3 Å². The number of pyridine rings is 2. The normalized spacial score (nSPS) is 13.1. The Morgan fingerprint density at radius 3 is 1.62 bits per heavy atom. The van der Waals surface area contributed by atoms with Crippen LogP contribution in [-0.2, 0) is 12.8 Å². The van der Waals surface area contributed by atoms with E-state index in [1.54, 1.807) is 12.4 Å². The lowest BCUT2D eigenvalue weighted by Crippen LogP contribution is -2.31. The van der Waals surface area contributed by atoms with E-state index in [0.717, 1.165) is 91.6 Å². The van der Waals surface area contributed by atoms with E-state index in [0.29, 0.717) is 35.1 Å². The first kappa shape index (κ1) is 36.2. The third-order valence-corrected chi connectivity index (χ3v) is 9.95. The lowest BCUT2D eigenvalue weighted by atomic mass is 10.1. The molecule has 8 heterocycles. The van der Waals surface area contributed by atoms with Gasteiger partial charge >= 0.3 is 0 Å². The first-order valence-corrected chi connectivity index (χ1v) is 18.6. The van der Waals surface area contributed by atoms with Crippen molar-refractivity contribution in [3.8, 4) is 33.9 Å². The van der Waals surface area contributed by atoms with Gasteiger partial charge in [-0.2, -0.15) is 0 Å². The number of aromatic nitrogens is 8. The highest BCUT2D eigenvalue weighted by Gasteiger charge is 2.23. The van der Waals surface area contributed by atoms with Crippen LogP contribution in [0.15, 0.2) is 97.3 Å². The predicted octanol–water partition coefficient (Wildman–Crippen LogP) is 7.54. The number of halogens is 1. The van der Waals surface area contributed by atoms with Crippen LogP contribution in [0.5, 0.6) is 0 Å². The minimum Gasteiger partial charge on any atom is -0.358 e. The average Bonchev–Trinajstić information content (AvgIpc) is 3.86. The highest BCUT2D eigenvalue weighted by Crippen LogP contribution is 2.32. The van der Waals surface area contributed by atoms with Gasteiger partial charge in [0.05, 0.1) is 50.3 Å². The molecule has 8 aromatic rings. The number of H-pyrrole nitrogens is 2. The summed E-state index contributed by atoms with van der Waals surface area (Å²) in [6.45, 7) is 7.07. The van der Waals surface area contributed by atoms with Crippen LogP contribution in [0, 0.1) is 20.8 Å². The summed E-state index contributed by atoms with van der Waals surface area (Å²) in [6, 6.07) is 27.1. The first-order chi connectivity index (χ1) is 27.2. The fourth-order valence-electron chi connectivity index (χ4n) is 6.82. The van der Waals surface area contributed by atoms with Crippen molar-refractivity contribution in [2.75, 3.05) is 13.1 Å². The molecule has 56 heavy (non-hydrogen) atoms. The molecule has 278 valence electrons. The van der Waals surface area contributed by atoms with Crippen LogP contribution in [0.2, 0.25) is 5.15 Å². The highest BCUT2D eigenvalue weighted by molar-refractivity contribution is 6.30. The molecule has 0 spiro atoms. The van der Waals surface area contributed by atoms with Crippen LogP contribution < -0.4 is 10.6 Å². The Labute approximate surface area is 327 Å². The number of benzene rings is 2. The molecule has 0 atom stereocenters. The van der Waals surface area contributed by atoms with Gasteiger partial charge in [-0.3, -0.25) is 19.6 Å². The van der Waals surface area contributed by atoms with Gasteiger partial charge in [-0.15, -0.1) is 0 Å². The maximum atomic E-state index is 12.1. The summed E-state index contributed by atoms with van der Waals surface area (Å²) in [5.41, 5.74) is 14.2. The molecule has 0 fully saturated rings. The SMILES string of the molecule is Cc1ccccn1.Cc1nc2cccc(-c3cc4c([nH]3)CCNC4=O)c2nc1-c1ccccn1.Cc1nc2cccc(-c3cc4c([nH]3)CCNC4=O)c2nc1Cl. The van der Waals surface area contributed by atoms with E-state index in [1.807, 2.05) is 106 Å². The highest BCUT2D eigenvalue weighted by atomic mass is 35.5. The van der Waals surface area contributed by atoms with Crippen LogP contribution >= 0.6 is 11.6 Å². The van der Waals surface area contributed by atoms with Crippen molar-refractivity contribution in [2.45, 2.75) is 33.6 Å². The van der Waals surface area contributed by atoms with Crippen LogP contribution in [0.25, 0.3) is 56.0 Å². The second-order valence-corrected chi connectivity index (χ2v) is 13.8. The van der Waals surface area contributed by atoms with E-state index in [-0.39, 0.29) is 11.8 Å². The Kier molecular flexibility index (Phi) is 10.0. The Balaban J connectivity index is 0.000000136. The summed E-state index contributed by atoms with van der Waals surface area (Å²) in [7, 11) is 0. The van der Waals surface area contributed by atoms with Crippen molar-refractivity contribution in [1.82, 2.24) is 50.5 Å². The maximum absolute atomic E-state index is 12.1. The molecule has 4 N–H and O–H groups in total. The van der Waals surface area contributed by atoms with Gasteiger partial charge in [0.15, 0.2) is 5.15 Å². The van der Waals surface area contributed by atoms with Crippen molar-refractivity contribution < 1.29 is 9.59 Å². The second-order valence-electron chi connectivity index (χ2n) is 13.5. The zero-order chi connectivity index (χ0) is 38.8. The summed E-state index contributed by atoms with van der Waals surface area (Å²) in [4.78, 5) is 57.7. The first-order valence-electron chi connectivity index (χ1n) is 18.2. The molecule has 0 unspecified atom stereocenters. The van der Waals surface area contributed by atoms with Crippen molar-refractivity contribution >= 4 is 45.5 Å². The molecule has 10 rings (SSSR count). The van der Waals surface area contributed by atoms with E-state index in [4.69, 9.17) is 21.6 Å². The predicted molar refractivity (Wildman–Crippen MR) is 217 cm³/mol. The van der Waals surface area contributed by atoms with Crippen LogP contribution in [0.4, 0.5) is 0 Å². The molecule has 2 amide bonds. The number of nitrogens with zero attached hydrogens (tertiary/aromatic N) is 6. The number of carbonyl (C=O) groups excluding carboxylic acids is 2. The van der Waals surface area contributed by atoms with Gasteiger partial charge in [-0.25, -0.2) is 19.9 Å². The summed E-state index contributed by atoms with van der Waals surface area (Å²) in [5.74, 6) is -0.0703. The fourth-order valence-corrected chi connectivity index (χ4v) is 6.94. The molecule has 12 nitrogen and oxygen atoms in total. The quantitative estimate of drug-likeness (QED) is 0.143. The molecule has 2 aromatic carbocycles. The topological polar surface area (TPSA) is 167 Å². The number of rotatable bonds is 3. The fraction of sp³-hybridized carbons (Fsp3) is 0.163.